The second kappa shape index (κ2) is 6.16. The van der Waals surface area contributed by atoms with Crippen LogP contribution in [-0.2, 0) is 9.53 Å². The highest BCUT2D eigenvalue weighted by Gasteiger charge is 2.46. The Kier molecular flexibility index (Phi) is 4.21. The van der Waals surface area contributed by atoms with E-state index in [0.29, 0.717) is 18.8 Å². The van der Waals surface area contributed by atoms with Crippen LogP contribution in [0.4, 0.5) is 10.1 Å². The van der Waals surface area contributed by atoms with Crippen LogP contribution in [-0.4, -0.2) is 66.9 Å². The predicted molar refractivity (Wildman–Crippen MR) is 81.5 cm³/mol. The maximum absolute atomic E-state index is 14.1. The summed E-state index contributed by atoms with van der Waals surface area (Å²) in [6.07, 6.45) is -0.167. The van der Waals surface area contributed by atoms with Gasteiger partial charge in [-0.25, -0.2) is 9.18 Å². The number of rotatable bonds is 3. The van der Waals surface area contributed by atoms with Crippen LogP contribution in [0.15, 0.2) is 24.3 Å². The second-order valence-corrected chi connectivity index (χ2v) is 5.89. The van der Waals surface area contributed by atoms with E-state index in [4.69, 9.17) is 9.84 Å². The van der Waals surface area contributed by atoms with Crippen molar-refractivity contribution in [3.63, 3.8) is 0 Å². The van der Waals surface area contributed by atoms with E-state index in [9.17, 15) is 14.0 Å². The number of nitrogens with zero attached hydrogens (tertiary/aromatic N) is 2. The van der Waals surface area contributed by atoms with E-state index in [0.717, 1.165) is 18.8 Å². The van der Waals surface area contributed by atoms with Gasteiger partial charge in [0.1, 0.15) is 0 Å². The van der Waals surface area contributed by atoms with Gasteiger partial charge in [0, 0.05) is 37.3 Å². The van der Waals surface area contributed by atoms with Crippen LogP contribution < -0.4 is 4.90 Å². The molecule has 0 radical (unpaired) electrons. The molecule has 0 spiro atoms. The number of carboxylic acids is 1. The van der Waals surface area contributed by atoms with Gasteiger partial charge in [-0.2, -0.15) is 0 Å². The number of anilines is 1. The maximum Gasteiger partial charge on any atom is 0.343 e. The standard InChI is InChI=1S/C16H19FN2O4/c17-16(15(21)22)5-6-19(11-16)14(20)12-1-3-13(4-2-12)18-7-9-23-10-8-18/h1-4H,5-11H2,(H,21,22). The Morgan fingerprint density at radius 1 is 1.13 bits per heavy atom. The van der Waals surface area contributed by atoms with E-state index >= 15 is 0 Å². The summed E-state index contributed by atoms with van der Waals surface area (Å²) in [5.41, 5.74) is -0.878. The van der Waals surface area contributed by atoms with E-state index in [1.54, 1.807) is 12.1 Å². The minimum absolute atomic E-state index is 0.118. The average molecular weight is 322 g/mol. The van der Waals surface area contributed by atoms with Crippen molar-refractivity contribution < 1.29 is 23.8 Å². The van der Waals surface area contributed by atoms with Gasteiger partial charge in [-0.3, -0.25) is 4.79 Å². The summed E-state index contributed by atoms with van der Waals surface area (Å²) >= 11 is 0. The van der Waals surface area contributed by atoms with Crippen LogP contribution in [0.3, 0.4) is 0 Å². The average Bonchev–Trinajstić information content (AvgIpc) is 2.99. The number of amides is 1. The normalized spacial score (nSPS) is 24.7. The Bertz CT molecular complexity index is 601. The third kappa shape index (κ3) is 3.14. The molecule has 7 heteroatoms. The number of carbonyl (C=O) groups is 2. The second-order valence-electron chi connectivity index (χ2n) is 5.89. The molecule has 1 amide bonds. The van der Waals surface area contributed by atoms with Crippen molar-refractivity contribution in [2.24, 2.45) is 0 Å². The van der Waals surface area contributed by atoms with Crippen molar-refractivity contribution in [2.45, 2.75) is 12.1 Å². The zero-order valence-corrected chi connectivity index (χ0v) is 12.7. The molecule has 124 valence electrons. The molecule has 2 fully saturated rings. The molecule has 0 saturated carbocycles. The molecule has 2 aliphatic rings. The number of ether oxygens (including phenoxy) is 1. The third-order valence-electron chi connectivity index (χ3n) is 4.38. The van der Waals surface area contributed by atoms with Gasteiger partial charge < -0.3 is 19.6 Å². The number of carbonyl (C=O) groups excluding carboxylic acids is 1. The third-order valence-corrected chi connectivity index (χ3v) is 4.38. The number of aliphatic carboxylic acids is 1. The van der Waals surface area contributed by atoms with E-state index in [1.807, 2.05) is 12.1 Å². The molecule has 1 aromatic carbocycles. The van der Waals surface area contributed by atoms with Gasteiger partial charge in [-0.15, -0.1) is 0 Å². The molecule has 2 saturated heterocycles. The van der Waals surface area contributed by atoms with Crippen LogP contribution in [0.2, 0.25) is 0 Å². The first-order valence-corrected chi connectivity index (χ1v) is 7.64. The molecule has 6 nitrogen and oxygen atoms in total. The molecule has 0 aromatic heterocycles. The molecule has 0 aliphatic carbocycles. The number of halogens is 1. The Balaban J connectivity index is 1.67. The first-order valence-electron chi connectivity index (χ1n) is 7.64. The summed E-state index contributed by atoms with van der Waals surface area (Å²) < 4.78 is 19.4. The fourth-order valence-electron chi connectivity index (χ4n) is 2.94. The largest absolute Gasteiger partial charge is 0.479 e. The summed E-state index contributed by atoms with van der Waals surface area (Å²) in [7, 11) is 0. The van der Waals surface area contributed by atoms with Crippen LogP contribution in [0, 0.1) is 0 Å². The highest BCUT2D eigenvalue weighted by molar-refractivity contribution is 5.95. The molecule has 2 heterocycles. The lowest BCUT2D eigenvalue weighted by Crippen LogP contribution is -2.39. The fraction of sp³-hybridized carbons (Fsp3) is 0.500. The molecule has 1 unspecified atom stereocenters. The maximum atomic E-state index is 14.1. The van der Waals surface area contributed by atoms with E-state index in [2.05, 4.69) is 4.90 Å². The summed E-state index contributed by atoms with van der Waals surface area (Å²) in [5.74, 6) is -1.84. The number of likely N-dealkylation sites (tertiary alicyclic amines) is 1. The Morgan fingerprint density at radius 2 is 1.78 bits per heavy atom. The molecule has 0 bridgehead atoms. The van der Waals surface area contributed by atoms with Gasteiger partial charge in [0.05, 0.1) is 19.8 Å². The molecule has 1 aromatic rings. The van der Waals surface area contributed by atoms with E-state index in [-0.39, 0.29) is 18.9 Å². The number of alkyl halides is 1. The number of hydrogen-bond acceptors (Lipinski definition) is 4. The molecule has 3 rings (SSSR count). The first-order chi connectivity index (χ1) is 11.0. The Morgan fingerprint density at radius 3 is 2.35 bits per heavy atom. The molecular formula is C16H19FN2O4. The lowest BCUT2D eigenvalue weighted by atomic mass is 10.1. The van der Waals surface area contributed by atoms with Gasteiger partial charge in [0.15, 0.2) is 0 Å². The zero-order valence-electron chi connectivity index (χ0n) is 12.7. The van der Waals surface area contributed by atoms with Crippen molar-refractivity contribution in [1.82, 2.24) is 4.90 Å². The van der Waals surface area contributed by atoms with E-state index < -0.39 is 18.2 Å². The summed E-state index contributed by atoms with van der Waals surface area (Å²) in [6, 6.07) is 7.11. The van der Waals surface area contributed by atoms with Crippen LogP contribution in [0.1, 0.15) is 16.8 Å². The fourth-order valence-corrected chi connectivity index (χ4v) is 2.94. The van der Waals surface area contributed by atoms with Crippen molar-refractivity contribution in [3.8, 4) is 0 Å². The summed E-state index contributed by atoms with van der Waals surface area (Å²) in [5, 5.41) is 8.89. The first kappa shape index (κ1) is 15.7. The SMILES string of the molecule is O=C(c1ccc(N2CCOCC2)cc1)N1CCC(F)(C(=O)O)C1. The summed E-state index contributed by atoms with van der Waals surface area (Å²) in [4.78, 5) is 26.7. The molecule has 1 N–H and O–H groups in total. The number of benzene rings is 1. The quantitative estimate of drug-likeness (QED) is 0.904. The van der Waals surface area contributed by atoms with Crippen LogP contribution in [0.5, 0.6) is 0 Å². The Hall–Kier alpha value is -2.15. The van der Waals surface area contributed by atoms with Crippen molar-refractivity contribution in [1.29, 1.82) is 0 Å². The lowest BCUT2D eigenvalue weighted by Gasteiger charge is -2.29. The highest BCUT2D eigenvalue weighted by Crippen LogP contribution is 2.27. The topological polar surface area (TPSA) is 70.1 Å². The highest BCUT2D eigenvalue weighted by atomic mass is 19.1. The van der Waals surface area contributed by atoms with Gasteiger partial charge in [0.25, 0.3) is 5.91 Å². The predicted octanol–water partition coefficient (Wildman–Crippen LogP) is 1.16. The minimum atomic E-state index is -2.33. The van der Waals surface area contributed by atoms with Gasteiger partial charge >= 0.3 is 5.97 Å². The number of hydrogen-bond donors (Lipinski definition) is 1. The van der Waals surface area contributed by atoms with Crippen LogP contribution in [0.25, 0.3) is 0 Å². The van der Waals surface area contributed by atoms with Crippen molar-refractivity contribution in [3.05, 3.63) is 29.8 Å². The van der Waals surface area contributed by atoms with Gasteiger partial charge in [0.2, 0.25) is 5.67 Å². The number of morpholine rings is 1. The Labute approximate surface area is 133 Å². The van der Waals surface area contributed by atoms with E-state index in [1.165, 1.54) is 4.90 Å². The molecular weight excluding hydrogens is 303 g/mol. The minimum Gasteiger partial charge on any atom is -0.479 e. The number of carboxylic acid groups (broad SMARTS) is 1. The van der Waals surface area contributed by atoms with Gasteiger partial charge in [-0.05, 0) is 24.3 Å². The molecule has 1 atom stereocenters. The molecule has 2 aliphatic heterocycles. The van der Waals surface area contributed by atoms with Crippen molar-refractivity contribution in [2.75, 3.05) is 44.3 Å². The monoisotopic (exact) mass is 322 g/mol. The lowest BCUT2D eigenvalue weighted by molar-refractivity contribution is -0.149. The summed E-state index contributed by atoms with van der Waals surface area (Å²) in [6.45, 7) is 2.70. The van der Waals surface area contributed by atoms with Gasteiger partial charge in [-0.1, -0.05) is 0 Å². The molecule has 23 heavy (non-hydrogen) atoms. The zero-order chi connectivity index (χ0) is 16.4. The van der Waals surface area contributed by atoms with Crippen LogP contribution >= 0.6 is 0 Å². The van der Waals surface area contributed by atoms with Crippen molar-refractivity contribution >= 4 is 17.6 Å². The smallest absolute Gasteiger partial charge is 0.343 e.